The average molecular weight is 492 g/mol. The second-order valence-electron chi connectivity index (χ2n) is 7.33. The topological polar surface area (TPSA) is 79.0 Å². The molecule has 164 valence electrons. The number of nitrogens with one attached hydrogen (secondary N) is 1. The maximum absolute atomic E-state index is 14.0. The standard InChI is InChI=1S/C22H23BrFN3O4/c1-4-26(12-14-8-9-18(31-3)17(24)10-14)19(28)13-27-20(29)22(2,25-21(27)30)15-6-5-7-16(23)11-15/h5-11H,4,12-13H2,1-3H3,(H,25,30)/t22-/m1/s1. The normalized spacial score (nSPS) is 18.2. The second-order valence-corrected chi connectivity index (χ2v) is 8.25. The van der Waals surface area contributed by atoms with E-state index < -0.39 is 35.7 Å². The summed E-state index contributed by atoms with van der Waals surface area (Å²) in [7, 11) is 1.37. The van der Waals surface area contributed by atoms with E-state index in [1.54, 1.807) is 38.1 Å². The highest BCUT2D eigenvalue weighted by Gasteiger charge is 2.49. The highest BCUT2D eigenvalue weighted by Crippen LogP contribution is 2.30. The molecule has 3 rings (SSSR count). The minimum atomic E-state index is -1.27. The van der Waals surface area contributed by atoms with E-state index in [0.717, 1.165) is 9.37 Å². The van der Waals surface area contributed by atoms with E-state index in [2.05, 4.69) is 21.2 Å². The Morgan fingerprint density at radius 3 is 2.61 bits per heavy atom. The van der Waals surface area contributed by atoms with E-state index >= 15 is 0 Å². The molecule has 7 nitrogen and oxygen atoms in total. The van der Waals surface area contributed by atoms with E-state index in [4.69, 9.17) is 4.74 Å². The zero-order valence-electron chi connectivity index (χ0n) is 17.4. The largest absolute Gasteiger partial charge is 0.494 e. The fourth-order valence-corrected chi connectivity index (χ4v) is 3.88. The number of hydrogen-bond acceptors (Lipinski definition) is 4. The Morgan fingerprint density at radius 1 is 1.26 bits per heavy atom. The number of hydrogen-bond donors (Lipinski definition) is 1. The molecule has 0 saturated carbocycles. The lowest BCUT2D eigenvalue weighted by molar-refractivity contribution is -0.139. The Labute approximate surface area is 188 Å². The van der Waals surface area contributed by atoms with Crippen molar-refractivity contribution in [1.82, 2.24) is 15.1 Å². The SMILES string of the molecule is CCN(Cc1ccc(OC)c(F)c1)C(=O)CN1C(=O)N[C@](C)(c2cccc(Br)c2)C1=O. The third kappa shape index (κ3) is 4.56. The van der Waals surface area contributed by atoms with Crippen molar-refractivity contribution in [1.29, 1.82) is 0 Å². The van der Waals surface area contributed by atoms with Crippen molar-refractivity contribution in [2.75, 3.05) is 20.2 Å². The highest BCUT2D eigenvalue weighted by atomic mass is 79.9. The molecule has 1 heterocycles. The first-order chi connectivity index (χ1) is 14.7. The van der Waals surface area contributed by atoms with Crippen molar-refractivity contribution in [2.24, 2.45) is 0 Å². The van der Waals surface area contributed by atoms with Gasteiger partial charge in [0.1, 0.15) is 12.1 Å². The molecular formula is C22H23BrFN3O4. The van der Waals surface area contributed by atoms with Gasteiger partial charge in [-0.1, -0.05) is 34.1 Å². The molecule has 0 unspecified atom stereocenters. The Morgan fingerprint density at radius 2 is 2.00 bits per heavy atom. The number of ether oxygens (including phenoxy) is 1. The van der Waals surface area contributed by atoms with Gasteiger partial charge in [-0.05, 0) is 49.2 Å². The van der Waals surface area contributed by atoms with Crippen molar-refractivity contribution in [3.63, 3.8) is 0 Å². The average Bonchev–Trinajstić information content (AvgIpc) is 2.96. The monoisotopic (exact) mass is 491 g/mol. The second kappa shape index (κ2) is 9.05. The molecule has 1 saturated heterocycles. The third-order valence-electron chi connectivity index (χ3n) is 5.29. The van der Waals surface area contributed by atoms with Crippen LogP contribution in [-0.4, -0.2) is 47.8 Å². The molecule has 0 spiro atoms. The van der Waals surface area contributed by atoms with Crippen LogP contribution in [0.2, 0.25) is 0 Å². The lowest BCUT2D eigenvalue weighted by Crippen LogP contribution is -2.44. The van der Waals surface area contributed by atoms with Crippen LogP contribution in [0.3, 0.4) is 0 Å². The minimum absolute atomic E-state index is 0.115. The number of halogens is 2. The zero-order chi connectivity index (χ0) is 22.8. The van der Waals surface area contributed by atoms with Gasteiger partial charge in [0.15, 0.2) is 11.6 Å². The van der Waals surface area contributed by atoms with Crippen LogP contribution in [0.15, 0.2) is 46.9 Å². The summed E-state index contributed by atoms with van der Waals surface area (Å²) in [5, 5.41) is 2.69. The van der Waals surface area contributed by atoms with Gasteiger partial charge in [-0.15, -0.1) is 0 Å². The van der Waals surface area contributed by atoms with Crippen molar-refractivity contribution in [3.8, 4) is 5.75 Å². The number of urea groups is 1. The van der Waals surface area contributed by atoms with Crippen LogP contribution in [0, 0.1) is 5.82 Å². The van der Waals surface area contributed by atoms with E-state index in [9.17, 15) is 18.8 Å². The molecule has 31 heavy (non-hydrogen) atoms. The summed E-state index contributed by atoms with van der Waals surface area (Å²) in [6, 6.07) is 10.9. The zero-order valence-corrected chi connectivity index (χ0v) is 19.0. The van der Waals surface area contributed by atoms with Gasteiger partial charge in [0.2, 0.25) is 5.91 Å². The third-order valence-corrected chi connectivity index (χ3v) is 5.79. The predicted molar refractivity (Wildman–Crippen MR) is 116 cm³/mol. The number of carbonyl (C=O) groups excluding carboxylic acids is 3. The van der Waals surface area contributed by atoms with Crippen LogP contribution >= 0.6 is 15.9 Å². The smallest absolute Gasteiger partial charge is 0.325 e. The molecule has 1 aliphatic rings. The van der Waals surface area contributed by atoms with Gasteiger partial charge < -0.3 is 15.0 Å². The van der Waals surface area contributed by atoms with Crippen LogP contribution < -0.4 is 10.1 Å². The number of benzene rings is 2. The Balaban J connectivity index is 1.74. The van der Waals surface area contributed by atoms with Gasteiger partial charge in [0, 0.05) is 17.6 Å². The molecule has 2 aromatic carbocycles. The fourth-order valence-electron chi connectivity index (χ4n) is 3.48. The molecule has 1 fully saturated rings. The lowest BCUT2D eigenvalue weighted by Gasteiger charge is -2.25. The predicted octanol–water partition coefficient (Wildman–Crippen LogP) is 3.41. The summed E-state index contributed by atoms with van der Waals surface area (Å²) in [4.78, 5) is 40.8. The first-order valence-corrected chi connectivity index (χ1v) is 10.5. The molecule has 9 heteroatoms. The first kappa shape index (κ1) is 22.7. The molecule has 0 radical (unpaired) electrons. The van der Waals surface area contributed by atoms with E-state index in [1.807, 2.05) is 6.07 Å². The van der Waals surface area contributed by atoms with Crippen LogP contribution in [0.25, 0.3) is 0 Å². The summed E-state index contributed by atoms with van der Waals surface area (Å²) in [5.41, 5.74) is -0.0852. The number of imide groups is 1. The number of rotatable bonds is 7. The van der Waals surface area contributed by atoms with Gasteiger partial charge in [-0.2, -0.15) is 0 Å². The summed E-state index contributed by atoms with van der Waals surface area (Å²) < 4.78 is 19.7. The van der Waals surface area contributed by atoms with Crippen molar-refractivity contribution >= 4 is 33.8 Å². The molecule has 0 aromatic heterocycles. The molecule has 4 amide bonds. The summed E-state index contributed by atoms with van der Waals surface area (Å²) in [5.74, 6) is -1.33. The van der Waals surface area contributed by atoms with E-state index in [1.165, 1.54) is 24.1 Å². The molecule has 0 aliphatic carbocycles. The summed E-state index contributed by atoms with van der Waals surface area (Å²) in [6.07, 6.45) is 0. The van der Waals surface area contributed by atoms with Crippen LogP contribution in [0.1, 0.15) is 25.0 Å². The molecule has 1 N–H and O–H groups in total. The van der Waals surface area contributed by atoms with Crippen molar-refractivity contribution in [3.05, 3.63) is 63.9 Å². The Kier molecular flexibility index (Phi) is 6.64. The summed E-state index contributed by atoms with van der Waals surface area (Å²) in [6.45, 7) is 3.45. The van der Waals surface area contributed by atoms with Crippen LogP contribution in [0.4, 0.5) is 9.18 Å². The maximum atomic E-state index is 14.0. The number of amides is 4. The van der Waals surface area contributed by atoms with Crippen LogP contribution in [0.5, 0.6) is 5.75 Å². The molecule has 0 bridgehead atoms. The fraction of sp³-hybridized carbons (Fsp3) is 0.318. The Bertz CT molecular complexity index is 1030. The Hall–Kier alpha value is -2.94. The molecule has 1 atom stereocenters. The van der Waals surface area contributed by atoms with E-state index in [-0.39, 0.29) is 12.3 Å². The van der Waals surface area contributed by atoms with Gasteiger partial charge >= 0.3 is 6.03 Å². The first-order valence-electron chi connectivity index (χ1n) is 9.70. The number of carbonyl (C=O) groups is 3. The van der Waals surface area contributed by atoms with Gasteiger partial charge in [-0.25, -0.2) is 9.18 Å². The quantitative estimate of drug-likeness (QED) is 0.601. The van der Waals surface area contributed by atoms with E-state index in [0.29, 0.717) is 17.7 Å². The minimum Gasteiger partial charge on any atom is -0.494 e. The number of methoxy groups -OCH3 is 1. The maximum Gasteiger partial charge on any atom is 0.325 e. The van der Waals surface area contributed by atoms with Gasteiger partial charge in [0.05, 0.1) is 7.11 Å². The lowest BCUT2D eigenvalue weighted by atomic mass is 9.92. The molecule has 1 aliphatic heterocycles. The number of nitrogens with zero attached hydrogens (tertiary/aromatic N) is 2. The summed E-state index contributed by atoms with van der Waals surface area (Å²) >= 11 is 3.36. The highest BCUT2D eigenvalue weighted by molar-refractivity contribution is 9.10. The van der Waals surface area contributed by atoms with Gasteiger partial charge in [-0.3, -0.25) is 14.5 Å². The molecule has 2 aromatic rings. The molecular weight excluding hydrogens is 469 g/mol. The van der Waals surface area contributed by atoms with Crippen LogP contribution in [-0.2, 0) is 21.7 Å². The van der Waals surface area contributed by atoms with Gasteiger partial charge in [0.25, 0.3) is 5.91 Å². The van der Waals surface area contributed by atoms with Crippen molar-refractivity contribution in [2.45, 2.75) is 25.9 Å². The number of likely N-dealkylation sites (N-methyl/N-ethyl adjacent to an activating group) is 1. The van der Waals surface area contributed by atoms with Crippen molar-refractivity contribution < 1.29 is 23.5 Å².